The van der Waals surface area contributed by atoms with Gasteiger partial charge in [0.15, 0.2) is 0 Å². The minimum atomic E-state index is -0.793. The second-order valence-corrected chi connectivity index (χ2v) is 8.54. The maximum atomic E-state index is 13.1. The van der Waals surface area contributed by atoms with Gasteiger partial charge in [-0.1, -0.05) is 48.0 Å². The fourth-order valence-corrected chi connectivity index (χ4v) is 3.92. The minimum Gasteiger partial charge on any atom is -0.486 e. The normalized spacial score (nSPS) is 16.4. The van der Waals surface area contributed by atoms with Crippen LogP contribution >= 0.6 is 11.6 Å². The first-order valence-corrected chi connectivity index (χ1v) is 11.8. The van der Waals surface area contributed by atoms with E-state index in [1.165, 1.54) is 12.4 Å². The Morgan fingerprint density at radius 2 is 1.97 bits per heavy atom. The summed E-state index contributed by atoms with van der Waals surface area (Å²) in [6.45, 7) is 0.575. The first-order chi connectivity index (χ1) is 17.5. The molecule has 0 aliphatic carbocycles. The van der Waals surface area contributed by atoms with Crippen LogP contribution in [-0.2, 0) is 9.53 Å². The molecule has 10 nitrogen and oxygen atoms in total. The summed E-state index contributed by atoms with van der Waals surface area (Å²) in [5, 5.41) is 15.9. The molecule has 0 radical (unpaired) electrons. The van der Waals surface area contributed by atoms with Gasteiger partial charge in [-0.3, -0.25) is 20.4 Å². The number of aldehydes is 1. The lowest BCUT2D eigenvalue weighted by atomic mass is 9.90. The molecule has 1 atom stereocenters. The number of aliphatic imine (C=N–C) groups is 1. The molecule has 0 saturated carbocycles. The van der Waals surface area contributed by atoms with Crippen LogP contribution in [0.2, 0.25) is 5.02 Å². The molecule has 0 spiro atoms. The number of allylic oxidation sites excluding steroid dienone is 1. The Bertz CT molecular complexity index is 1070. The molecule has 2 aromatic carbocycles. The molecule has 1 aliphatic heterocycles. The molecule has 36 heavy (non-hydrogen) atoms. The molecule has 1 heterocycles. The SMILES string of the molecule is NNC(/N=C/N/C(=C\C=O)COc1cccc(Cl)c1C(=O)NC1(CO)CCOCC1)c1ccccc1. The summed E-state index contributed by atoms with van der Waals surface area (Å²) >= 11 is 6.35. The zero-order chi connectivity index (χ0) is 25.8. The second-order valence-electron chi connectivity index (χ2n) is 8.14. The number of rotatable bonds is 12. The van der Waals surface area contributed by atoms with Crippen molar-refractivity contribution < 1.29 is 24.2 Å². The molecule has 1 fully saturated rings. The summed E-state index contributed by atoms with van der Waals surface area (Å²) in [6.07, 6.45) is 3.76. The number of hydrogen-bond donors (Lipinski definition) is 5. The Hall–Kier alpha value is -3.28. The second kappa shape index (κ2) is 13.7. The van der Waals surface area contributed by atoms with Crippen LogP contribution in [0.5, 0.6) is 5.75 Å². The van der Waals surface area contributed by atoms with E-state index in [0.29, 0.717) is 38.0 Å². The molecule has 2 aromatic rings. The van der Waals surface area contributed by atoms with Gasteiger partial charge in [0.05, 0.1) is 34.8 Å². The summed E-state index contributed by atoms with van der Waals surface area (Å²) in [6, 6.07) is 14.2. The van der Waals surface area contributed by atoms with Crippen molar-refractivity contribution in [3.05, 3.63) is 76.5 Å². The van der Waals surface area contributed by atoms with Gasteiger partial charge in [-0.2, -0.15) is 0 Å². The Labute approximate surface area is 214 Å². The maximum absolute atomic E-state index is 13.1. The zero-order valence-electron chi connectivity index (χ0n) is 19.7. The number of carbonyl (C=O) groups is 2. The standard InChI is InChI=1S/C25H30ClN5O5/c26-20-7-4-8-21(22(20)24(34)30-25(16-33)10-13-35-14-11-25)36-15-19(9-12-32)28-17-29-23(31-27)18-5-2-1-3-6-18/h1-9,12,17,23,31,33H,10-11,13-16,27H2,(H,28,29)(H,30,34)/b19-9-. The maximum Gasteiger partial charge on any atom is 0.257 e. The van der Waals surface area contributed by atoms with Gasteiger partial charge in [0.2, 0.25) is 0 Å². The van der Waals surface area contributed by atoms with E-state index in [-0.39, 0.29) is 29.5 Å². The number of aliphatic hydroxyl groups is 1. The zero-order valence-corrected chi connectivity index (χ0v) is 20.4. The number of benzene rings is 2. The minimum absolute atomic E-state index is 0.0730. The first kappa shape index (κ1) is 27.3. The van der Waals surface area contributed by atoms with Gasteiger partial charge in [-0.15, -0.1) is 0 Å². The Morgan fingerprint density at radius 3 is 2.64 bits per heavy atom. The highest BCUT2D eigenvalue weighted by molar-refractivity contribution is 6.34. The molecule has 0 aromatic heterocycles. The highest BCUT2D eigenvalue weighted by atomic mass is 35.5. The molecule has 6 N–H and O–H groups in total. The third-order valence-electron chi connectivity index (χ3n) is 5.73. The van der Waals surface area contributed by atoms with Crippen molar-refractivity contribution >= 4 is 30.1 Å². The average Bonchev–Trinajstić information content (AvgIpc) is 2.90. The van der Waals surface area contributed by atoms with Crippen LogP contribution in [0.15, 0.2) is 65.3 Å². The van der Waals surface area contributed by atoms with Crippen molar-refractivity contribution in [2.24, 2.45) is 10.8 Å². The van der Waals surface area contributed by atoms with Crippen LogP contribution in [0, 0.1) is 0 Å². The van der Waals surface area contributed by atoms with Gasteiger partial charge in [0.1, 0.15) is 24.8 Å². The van der Waals surface area contributed by atoms with E-state index in [4.69, 9.17) is 26.9 Å². The molecular weight excluding hydrogens is 486 g/mol. The number of hydrazine groups is 1. The molecule has 1 saturated heterocycles. The van der Waals surface area contributed by atoms with E-state index in [2.05, 4.69) is 21.1 Å². The van der Waals surface area contributed by atoms with E-state index in [1.807, 2.05) is 30.3 Å². The van der Waals surface area contributed by atoms with Gasteiger partial charge < -0.3 is 25.2 Å². The average molecular weight is 516 g/mol. The Kier molecular flexibility index (Phi) is 10.4. The van der Waals surface area contributed by atoms with E-state index < -0.39 is 17.6 Å². The number of nitrogens with two attached hydrogens (primary N) is 1. The number of carbonyl (C=O) groups excluding carboxylic acids is 2. The Morgan fingerprint density at radius 1 is 1.22 bits per heavy atom. The molecule has 1 aliphatic rings. The summed E-state index contributed by atoms with van der Waals surface area (Å²) in [4.78, 5) is 28.6. The molecule has 0 bridgehead atoms. The fourth-order valence-electron chi connectivity index (χ4n) is 3.66. The monoisotopic (exact) mass is 515 g/mol. The molecular formula is C25H30ClN5O5. The summed E-state index contributed by atoms with van der Waals surface area (Å²) in [7, 11) is 0. The smallest absolute Gasteiger partial charge is 0.257 e. The number of ether oxygens (including phenoxy) is 2. The van der Waals surface area contributed by atoms with Gasteiger partial charge in [-0.25, -0.2) is 5.43 Å². The topological polar surface area (TPSA) is 147 Å². The van der Waals surface area contributed by atoms with Crippen molar-refractivity contribution in [1.29, 1.82) is 0 Å². The molecule has 1 amide bonds. The lowest BCUT2D eigenvalue weighted by molar-refractivity contribution is -0.104. The third kappa shape index (κ3) is 7.36. The quantitative estimate of drug-likeness (QED) is 0.0718. The van der Waals surface area contributed by atoms with E-state index >= 15 is 0 Å². The highest BCUT2D eigenvalue weighted by Gasteiger charge is 2.35. The van der Waals surface area contributed by atoms with Crippen LogP contribution in [0.25, 0.3) is 0 Å². The largest absolute Gasteiger partial charge is 0.486 e. The number of aliphatic hydroxyl groups excluding tert-OH is 1. The number of hydrogen-bond acceptors (Lipinski definition) is 8. The molecule has 11 heteroatoms. The van der Waals surface area contributed by atoms with Gasteiger partial charge in [-0.05, 0) is 30.5 Å². The van der Waals surface area contributed by atoms with Gasteiger partial charge in [0, 0.05) is 19.3 Å². The van der Waals surface area contributed by atoms with Gasteiger partial charge in [0.25, 0.3) is 5.91 Å². The number of halogens is 1. The van der Waals surface area contributed by atoms with Crippen molar-refractivity contribution in [1.82, 2.24) is 16.1 Å². The van der Waals surface area contributed by atoms with Crippen LogP contribution in [0.3, 0.4) is 0 Å². The predicted molar refractivity (Wildman–Crippen MR) is 137 cm³/mol. The van der Waals surface area contributed by atoms with E-state index in [9.17, 15) is 14.7 Å². The number of amides is 1. The number of nitrogens with one attached hydrogen (secondary N) is 3. The lowest BCUT2D eigenvalue weighted by Gasteiger charge is -2.36. The Balaban J connectivity index is 1.69. The van der Waals surface area contributed by atoms with Crippen molar-refractivity contribution in [3.63, 3.8) is 0 Å². The van der Waals surface area contributed by atoms with Crippen LogP contribution in [0.1, 0.15) is 34.9 Å². The fraction of sp³-hybridized carbons (Fsp3) is 0.320. The summed E-state index contributed by atoms with van der Waals surface area (Å²) in [5.74, 6) is 5.35. The van der Waals surface area contributed by atoms with E-state index in [1.54, 1.807) is 18.2 Å². The lowest BCUT2D eigenvalue weighted by Crippen LogP contribution is -2.54. The van der Waals surface area contributed by atoms with Crippen molar-refractivity contribution in [2.45, 2.75) is 24.5 Å². The molecule has 1 unspecified atom stereocenters. The van der Waals surface area contributed by atoms with Gasteiger partial charge >= 0.3 is 0 Å². The van der Waals surface area contributed by atoms with E-state index in [0.717, 1.165) is 5.56 Å². The molecule has 192 valence electrons. The number of nitrogens with zero attached hydrogens (tertiary/aromatic N) is 1. The van der Waals surface area contributed by atoms with Crippen LogP contribution in [0.4, 0.5) is 0 Å². The summed E-state index contributed by atoms with van der Waals surface area (Å²) < 4.78 is 11.2. The van der Waals surface area contributed by atoms with Crippen LogP contribution in [-0.4, -0.2) is 55.6 Å². The third-order valence-corrected chi connectivity index (χ3v) is 6.05. The first-order valence-electron chi connectivity index (χ1n) is 11.4. The van der Waals surface area contributed by atoms with Crippen molar-refractivity contribution in [2.75, 3.05) is 26.4 Å². The van der Waals surface area contributed by atoms with Crippen molar-refractivity contribution in [3.8, 4) is 5.75 Å². The molecule has 3 rings (SSSR count). The van der Waals surface area contributed by atoms with Crippen LogP contribution < -0.4 is 26.6 Å². The predicted octanol–water partition coefficient (Wildman–Crippen LogP) is 1.85. The highest BCUT2D eigenvalue weighted by Crippen LogP contribution is 2.29. The summed E-state index contributed by atoms with van der Waals surface area (Å²) in [5.41, 5.74) is 3.19.